The molecule has 5 aromatic rings. The fourth-order valence-electron chi connectivity index (χ4n) is 9.42. The minimum atomic E-state index is -2.08. The molecule has 324 valence electrons. The van der Waals surface area contributed by atoms with Crippen molar-refractivity contribution in [1.29, 1.82) is 0 Å². The second-order valence-electron chi connectivity index (χ2n) is 17.9. The molecule has 7 heteroatoms. The third kappa shape index (κ3) is 9.56. The molecule has 0 saturated heterocycles. The third-order valence-electron chi connectivity index (χ3n) is 13.1. The first-order chi connectivity index (χ1) is 30.3. The van der Waals surface area contributed by atoms with Gasteiger partial charge in [-0.15, -0.1) is 0 Å². The summed E-state index contributed by atoms with van der Waals surface area (Å²) in [6.07, 6.45) is 13.2. The number of benzene rings is 5. The highest BCUT2D eigenvalue weighted by Gasteiger charge is 2.40. The summed E-state index contributed by atoms with van der Waals surface area (Å²) in [6.45, 7) is 20.4. The van der Waals surface area contributed by atoms with Crippen LogP contribution in [-0.4, -0.2) is 52.7 Å². The van der Waals surface area contributed by atoms with Crippen molar-refractivity contribution < 1.29 is 9.59 Å². The van der Waals surface area contributed by atoms with E-state index in [4.69, 9.17) is 0 Å². The number of unbranched alkanes of at least 4 members (excludes halogenated alkanes) is 3. The molecule has 1 amide bonds. The molecule has 0 bridgehead atoms. The van der Waals surface area contributed by atoms with Gasteiger partial charge in [0.25, 0.3) is 0 Å². The molecule has 1 heterocycles. The maximum absolute atomic E-state index is 12.2. The van der Waals surface area contributed by atoms with E-state index in [0.29, 0.717) is 24.1 Å². The number of Topliss-reactive ketones (excluding diaryl/α,β-unsaturated/α-hetero) is 1. The van der Waals surface area contributed by atoms with Crippen LogP contribution in [0.3, 0.4) is 0 Å². The standard InChI is InChI=1S/C56H64N4O2Si/c1-36(2)52(61)20-13-11-10-12-17-44-43-18-14-15-19-45(43)51(35-59-29-16-30-60-56(62)37(3)4)46-26-23-40(32-50(44)46)39-22-21-38(5)49(31-39)55-47-27-24-41(57-6)33-53(47)63(8,9)54-34-42(58-7)25-28-48(54)55/h14-15,18-19,21-28,31-34,57,59H,1,3,10-13,16-17,20,29-30,35H2,2,4-9H3,(H,60,62). The average Bonchev–Trinajstić information content (AvgIpc) is 3.28. The SMILES string of the molecule is C=C(C)C(=O)CCCCCCc1c2ccccc2c(CNCCCNC(=O)C(=C)C)c2ccc(-c3ccc(C)c(C4=C5C=CC(=NC)C=C5[Si](C)(C)c5cc(NC)ccc54)c3)cc12. The van der Waals surface area contributed by atoms with Crippen molar-refractivity contribution in [2.45, 2.75) is 85.4 Å². The van der Waals surface area contributed by atoms with Gasteiger partial charge in [0.05, 0.1) is 5.71 Å². The van der Waals surface area contributed by atoms with Crippen molar-refractivity contribution >= 4 is 63.5 Å². The minimum absolute atomic E-state index is 0.0954. The summed E-state index contributed by atoms with van der Waals surface area (Å²) in [5.74, 6) is 0.0760. The van der Waals surface area contributed by atoms with Crippen LogP contribution in [0.2, 0.25) is 13.1 Å². The van der Waals surface area contributed by atoms with Gasteiger partial charge in [0.1, 0.15) is 8.07 Å². The van der Waals surface area contributed by atoms with E-state index in [1.165, 1.54) is 82.0 Å². The lowest BCUT2D eigenvalue weighted by Crippen LogP contribution is -2.49. The van der Waals surface area contributed by atoms with Crippen LogP contribution < -0.4 is 21.1 Å². The lowest BCUT2D eigenvalue weighted by molar-refractivity contribution is -0.117. The van der Waals surface area contributed by atoms with Crippen molar-refractivity contribution in [2.75, 3.05) is 32.5 Å². The zero-order valence-corrected chi connectivity index (χ0v) is 39.5. The largest absolute Gasteiger partial charge is 0.388 e. The Morgan fingerprint density at radius 1 is 0.730 bits per heavy atom. The number of hydrogen-bond donors (Lipinski definition) is 3. The van der Waals surface area contributed by atoms with Crippen LogP contribution in [0.15, 0.2) is 137 Å². The number of fused-ring (bicyclic) bond motifs is 4. The molecular weight excluding hydrogens is 789 g/mol. The van der Waals surface area contributed by atoms with E-state index >= 15 is 0 Å². The van der Waals surface area contributed by atoms with Gasteiger partial charge in [-0.05, 0) is 177 Å². The monoisotopic (exact) mass is 852 g/mol. The number of rotatable bonds is 18. The predicted octanol–water partition coefficient (Wildman–Crippen LogP) is 11.7. The minimum Gasteiger partial charge on any atom is -0.388 e. The predicted molar refractivity (Wildman–Crippen MR) is 272 cm³/mol. The first-order valence-electron chi connectivity index (χ1n) is 22.7. The van der Waals surface area contributed by atoms with Crippen LogP contribution >= 0.6 is 0 Å². The molecular formula is C56H64N4O2Si. The number of anilines is 1. The molecule has 0 saturated carbocycles. The van der Waals surface area contributed by atoms with Crippen molar-refractivity contribution in [3.63, 3.8) is 0 Å². The van der Waals surface area contributed by atoms with Crippen LogP contribution in [0, 0.1) is 6.92 Å². The molecule has 0 radical (unpaired) electrons. The van der Waals surface area contributed by atoms with E-state index in [2.05, 4.69) is 151 Å². The Hall–Kier alpha value is -5.89. The molecule has 63 heavy (non-hydrogen) atoms. The molecule has 0 fully saturated rings. The first-order valence-corrected chi connectivity index (χ1v) is 25.7. The molecule has 0 aromatic heterocycles. The van der Waals surface area contributed by atoms with Crippen molar-refractivity contribution in [3.05, 3.63) is 160 Å². The van der Waals surface area contributed by atoms with Gasteiger partial charge in [-0.1, -0.05) is 99.8 Å². The van der Waals surface area contributed by atoms with E-state index in [-0.39, 0.29) is 11.7 Å². The second kappa shape index (κ2) is 19.7. The van der Waals surface area contributed by atoms with E-state index in [1.54, 1.807) is 13.8 Å². The molecule has 1 aliphatic carbocycles. The highest BCUT2D eigenvalue weighted by Crippen LogP contribution is 2.44. The summed E-state index contributed by atoms with van der Waals surface area (Å²) in [7, 11) is 1.80. The van der Waals surface area contributed by atoms with Crippen molar-refractivity contribution in [1.82, 2.24) is 10.6 Å². The summed E-state index contributed by atoms with van der Waals surface area (Å²) in [4.78, 5) is 28.9. The van der Waals surface area contributed by atoms with Crippen LogP contribution in [-0.2, 0) is 22.6 Å². The molecule has 0 atom stereocenters. The van der Waals surface area contributed by atoms with E-state index in [0.717, 1.165) is 63.0 Å². The quantitative estimate of drug-likeness (QED) is 0.0355. The highest BCUT2D eigenvalue weighted by molar-refractivity contribution is 6.98. The lowest BCUT2D eigenvalue weighted by atomic mass is 9.85. The van der Waals surface area contributed by atoms with Gasteiger partial charge in [-0.2, -0.15) is 0 Å². The number of amides is 1. The second-order valence-corrected chi connectivity index (χ2v) is 22.3. The van der Waals surface area contributed by atoms with Gasteiger partial charge >= 0.3 is 0 Å². The molecule has 0 spiro atoms. The Labute approximate surface area is 376 Å². The van der Waals surface area contributed by atoms with Crippen LogP contribution in [0.25, 0.3) is 38.2 Å². The molecule has 0 unspecified atom stereocenters. The number of aryl methyl sites for hydroxylation is 2. The fourth-order valence-corrected chi connectivity index (χ4v) is 12.5. The molecule has 2 aliphatic rings. The van der Waals surface area contributed by atoms with Gasteiger partial charge in [0, 0.05) is 44.9 Å². The molecule has 3 N–H and O–H groups in total. The lowest BCUT2D eigenvalue weighted by Gasteiger charge is -2.38. The van der Waals surface area contributed by atoms with E-state index < -0.39 is 8.07 Å². The molecule has 5 aromatic carbocycles. The topological polar surface area (TPSA) is 82.6 Å². The number of nitrogens with zero attached hydrogens (tertiary/aromatic N) is 1. The summed E-state index contributed by atoms with van der Waals surface area (Å²) in [5.41, 5.74) is 14.8. The highest BCUT2D eigenvalue weighted by atomic mass is 28.3. The summed E-state index contributed by atoms with van der Waals surface area (Å²) >= 11 is 0. The van der Waals surface area contributed by atoms with Gasteiger partial charge in [0.15, 0.2) is 5.78 Å². The number of carbonyl (C=O) groups excluding carboxylic acids is 2. The normalized spacial score (nSPS) is 14.7. The number of allylic oxidation sites excluding steroid dienone is 6. The third-order valence-corrected chi connectivity index (χ3v) is 16.6. The Bertz CT molecular complexity index is 2770. The van der Waals surface area contributed by atoms with Gasteiger partial charge < -0.3 is 16.0 Å². The van der Waals surface area contributed by atoms with E-state index in [9.17, 15) is 9.59 Å². The summed E-state index contributed by atoms with van der Waals surface area (Å²) in [5, 5.41) is 18.1. The number of ketones is 1. The van der Waals surface area contributed by atoms with Crippen LogP contribution in [0.4, 0.5) is 5.69 Å². The summed E-state index contributed by atoms with van der Waals surface area (Å²) < 4.78 is 0. The fraction of sp³-hybridized carbons (Fsp3) is 0.304. The van der Waals surface area contributed by atoms with Crippen molar-refractivity contribution in [3.8, 4) is 11.1 Å². The maximum Gasteiger partial charge on any atom is 0.246 e. The molecule has 6 nitrogen and oxygen atoms in total. The zero-order valence-electron chi connectivity index (χ0n) is 38.5. The number of carbonyl (C=O) groups is 2. The van der Waals surface area contributed by atoms with E-state index in [1.807, 2.05) is 14.1 Å². The van der Waals surface area contributed by atoms with Crippen molar-refractivity contribution in [2.24, 2.45) is 4.99 Å². The number of hydrogen-bond acceptors (Lipinski definition) is 5. The van der Waals surface area contributed by atoms with Gasteiger partial charge in [-0.25, -0.2) is 0 Å². The first kappa shape index (κ1) is 45.1. The van der Waals surface area contributed by atoms with Gasteiger partial charge in [-0.3, -0.25) is 14.6 Å². The smallest absolute Gasteiger partial charge is 0.246 e. The number of aliphatic imine (C=N–C) groups is 1. The Kier molecular flexibility index (Phi) is 14.1. The average molecular weight is 853 g/mol. The van der Waals surface area contributed by atoms with Crippen LogP contribution in [0.1, 0.15) is 80.2 Å². The van der Waals surface area contributed by atoms with Gasteiger partial charge in [0.2, 0.25) is 5.91 Å². The van der Waals surface area contributed by atoms with Crippen LogP contribution in [0.5, 0.6) is 0 Å². The molecule has 7 rings (SSSR count). The maximum atomic E-state index is 12.2. The Morgan fingerprint density at radius 3 is 2.17 bits per heavy atom. The molecule has 1 aliphatic heterocycles. The summed E-state index contributed by atoms with van der Waals surface area (Å²) in [6, 6.07) is 29.9. The number of nitrogens with one attached hydrogen (secondary N) is 3. The zero-order chi connectivity index (χ0) is 44.8. The Morgan fingerprint density at radius 2 is 1.44 bits per heavy atom. The Balaban J connectivity index is 1.30.